The van der Waals surface area contributed by atoms with Gasteiger partial charge in [0.1, 0.15) is 17.6 Å². The first-order valence-corrected chi connectivity index (χ1v) is 8.82. The topological polar surface area (TPSA) is 55.0 Å². The van der Waals surface area contributed by atoms with Crippen molar-refractivity contribution in [2.24, 2.45) is 5.10 Å². The van der Waals surface area contributed by atoms with E-state index in [-0.39, 0.29) is 11.9 Å². The molecule has 0 radical (unpaired) electrons. The van der Waals surface area contributed by atoms with E-state index in [0.717, 1.165) is 22.6 Å². The minimum atomic E-state index is -0.285. The number of benzene rings is 2. The lowest BCUT2D eigenvalue weighted by molar-refractivity contribution is 0.0692. The molecule has 1 aliphatic rings. The third-order valence-electron chi connectivity index (χ3n) is 4.78. The van der Waals surface area contributed by atoms with E-state index in [4.69, 9.17) is 9.15 Å². The van der Waals surface area contributed by atoms with E-state index >= 15 is 0 Å². The number of hydrogen-bond donors (Lipinski definition) is 0. The van der Waals surface area contributed by atoms with Gasteiger partial charge in [-0.1, -0.05) is 30.3 Å². The second kappa shape index (κ2) is 7.11. The van der Waals surface area contributed by atoms with Gasteiger partial charge in [-0.2, -0.15) is 5.10 Å². The van der Waals surface area contributed by atoms with E-state index in [1.807, 2.05) is 67.6 Å². The maximum absolute atomic E-state index is 13.3. The fourth-order valence-electron chi connectivity index (χ4n) is 3.38. The van der Waals surface area contributed by atoms with Gasteiger partial charge in [0.25, 0.3) is 5.91 Å². The lowest BCUT2D eigenvalue weighted by Gasteiger charge is -2.20. The molecular weight excluding hydrogens is 340 g/mol. The van der Waals surface area contributed by atoms with Crippen LogP contribution in [0.5, 0.6) is 5.75 Å². The van der Waals surface area contributed by atoms with Crippen LogP contribution in [0, 0.1) is 6.92 Å². The van der Waals surface area contributed by atoms with Crippen molar-refractivity contribution in [1.29, 1.82) is 0 Å². The van der Waals surface area contributed by atoms with Crippen LogP contribution in [0.4, 0.5) is 0 Å². The Morgan fingerprint density at radius 1 is 1.11 bits per heavy atom. The maximum atomic E-state index is 13.3. The van der Waals surface area contributed by atoms with Gasteiger partial charge < -0.3 is 9.15 Å². The van der Waals surface area contributed by atoms with Crippen molar-refractivity contribution >= 4 is 11.6 Å². The average Bonchev–Trinajstić information content (AvgIpc) is 3.37. The highest BCUT2D eigenvalue weighted by Gasteiger charge is 2.36. The van der Waals surface area contributed by atoms with Crippen molar-refractivity contribution in [2.75, 3.05) is 7.11 Å². The SMILES string of the molecule is COc1ccccc1C1=NN(C(=O)c2ccccc2C)C(c2ccco2)C1. The molecule has 0 saturated heterocycles. The summed E-state index contributed by atoms with van der Waals surface area (Å²) in [6, 6.07) is 18.7. The summed E-state index contributed by atoms with van der Waals surface area (Å²) in [5.74, 6) is 1.31. The van der Waals surface area contributed by atoms with Crippen molar-refractivity contribution in [2.45, 2.75) is 19.4 Å². The van der Waals surface area contributed by atoms with Crippen molar-refractivity contribution in [3.05, 3.63) is 89.4 Å². The van der Waals surface area contributed by atoms with Crippen molar-refractivity contribution in [3.63, 3.8) is 0 Å². The van der Waals surface area contributed by atoms with Crippen LogP contribution in [-0.4, -0.2) is 23.7 Å². The van der Waals surface area contributed by atoms with Gasteiger partial charge in [-0.05, 0) is 42.8 Å². The third kappa shape index (κ3) is 3.12. The second-order valence-corrected chi connectivity index (χ2v) is 6.45. The Labute approximate surface area is 157 Å². The van der Waals surface area contributed by atoms with Gasteiger partial charge in [0.15, 0.2) is 0 Å². The lowest BCUT2D eigenvalue weighted by atomic mass is 10.0. The number of amides is 1. The second-order valence-electron chi connectivity index (χ2n) is 6.45. The third-order valence-corrected chi connectivity index (χ3v) is 4.78. The number of rotatable bonds is 4. The van der Waals surface area contributed by atoms with E-state index < -0.39 is 0 Å². The standard InChI is InChI=1S/C22H20N2O3/c1-15-8-3-4-9-16(15)22(25)24-19(21-12-7-13-27-21)14-18(23-24)17-10-5-6-11-20(17)26-2/h3-13,19H,14H2,1-2H3. The maximum Gasteiger partial charge on any atom is 0.274 e. The number of ether oxygens (including phenoxy) is 1. The average molecular weight is 360 g/mol. The van der Waals surface area contributed by atoms with E-state index in [1.165, 1.54) is 5.01 Å². The van der Waals surface area contributed by atoms with Crippen LogP contribution in [0.15, 0.2) is 76.4 Å². The highest BCUT2D eigenvalue weighted by Crippen LogP contribution is 2.36. The number of carbonyl (C=O) groups is 1. The molecule has 136 valence electrons. The van der Waals surface area contributed by atoms with Crippen molar-refractivity contribution in [1.82, 2.24) is 5.01 Å². The Bertz CT molecular complexity index is 992. The zero-order chi connectivity index (χ0) is 18.8. The van der Waals surface area contributed by atoms with E-state index in [2.05, 4.69) is 5.10 Å². The molecule has 4 rings (SSSR count). The Balaban J connectivity index is 1.77. The van der Waals surface area contributed by atoms with Gasteiger partial charge in [-0.25, -0.2) is 5.01 Å². The monoisotopic (exact) mass is 360 g/mol. The van der Waals surface area contributed by atoms with Gasteiger partial charge in [0.2, 0.25) is 0 Å². The van der Waals surface area contributed by atoms with Crippen LogP contribution in [0.3, 0.4) is 0 Å². The molecule has 0 aliphatic carbocycles. The Hall–Kier alpha value is -3.34. The molecule has 0 saturated carbocycles. The molecule has 3 aromatic rings. The highest BCUT2D eigenvalue weighted by atomic mass is 16.5. The predicted octanol–water partition coefficient (Wildman–Crippen LogP) is 4.59. The number of carbonyl (C=O) groups excluding carboxylic acids is 1. The fourth-order valence-corrected chi connectivity index (χ4v) is 3.38. The summed E-state index contributed by atoms with van der Waals surface area (Å²) in [5.41, 5.74) is 3.24. The van der Waals surface area contributed by atoms with Crippen LogP contribution in [0.2, 0.25) is 0 Å². The highest BCUT2D eigenvalue weighted by molar-refractivity contribution is 6.06. The van der Waals surface area contributed by atoms with Crippen LogP contribution in [0.25, 0.3) is 0 Å². The van der Waals surface area contributed by atoms with Crippen LogP contribution >= 0.6 is 0 Å². The number of hydrazone groups is 1. The summed E-state index contributed by atoms with van der Waals surface area (Å²) < 4.78 is 11.1. The Kier molecular flexibility index (Phi) is 4.50. The zero-order valence-corrected chi connectivity index (χ0v) is 15.3. The first kappa shape index (κ1) is 17.1. The van der Waals surface area contributed by atoms with Gasteiger partial charge >= 0.3 is 0 Å². The number of furan rings is 1. The molecule has 1 atom stereocenters. The molecule has 5 heteroatoms. The summed E-state index contributed by atoms with van der Waals surface area (Å²) in [5, 5.41) is 6.21. The smallest absolute Gasteiger partial charge is 0.274 e. The lowest BCUT2D eigenvalue weighted by Crippen LogP contribution is -2.27. The molecule has 2 aromatic carbocycles. The molecule has 0 fully saturated rings. The zero-order valence-electron chi connectivity index (χ0n) is 15.3. The largest absolute Gasteiger partial charge is 0.496 e. The summed E-state index contributed by atoms with van der Waals surface area (Å²) in [6.45, 7) is 1.93. The summed E-state index contributed by atoms with van der Waals surface area (Å²) in [6.07, 6.45) is 2.18. The van der Waals surface area contributed by atoms with Gasteiger partial charge in [0.05, 0.1) is 19.1 Å². The first-order valence-electron chi connectivity index (χ1n) is 8.82. The normalized spacial score (nSPS) is 16.3. The van der Waals surface area contributed by atoms with Crippen molar-refractivity contribution < 1.29 is 13.9 Å². The van der Waals surface area contributed by atoms with E-state index in [1.54, 1.807) is 13.4 Å². The van der Waals surface area contributed by atoms with E-state index in [0.29, 0.717) is 17.7 Å². The van der Waals surface area contributed by atoms with E-state index in [9.17, 15) is 4.79 Å². The molecule has 0 spiro atoms. The molecule has 1 aromatic heterocycles. The number of hydrogen-bond acceptors (Lipinski definition) is 4. The summed E-state index contributed by atoms with van der Waals surface area (Å²) >= 11 is 0. The first-order chi connectivity index (χ1) is 13.2. The quantitative estimate of drug-likeness (QED) is 0.684. The fraction of sp³-hybridized carbons (Fsp3) is 0.182. The molecule has 2 heterocycles. The number of aryl methyl sites for hydroxylation is 1. The van der Waals surface area contributed by atoms with Crippen LogP contribution in [0.1, 0.15) is 39.7 Å². The molecular formula is C22H20N2O3. The molecule has 0 N–H and O–H groups in total. The molecule has 27 heavy (non-hydrogen) atoms. The number of nitrogens with zero attached hydrogens (tertiary/aromatic N) is 2. The predicted molar refractivity (Wildman–Crippen MR) is 103 cm³/mol. The van der Waals surface area contributed by atoms with Crippen LogP contribution < -0.4 is 4.74 Å². The van der Waals surface area contributed by atoms with Gasteiger partial charge in [-0.3, -0.25) is 4.79 Å². The molecule has 1 amide bonds. The van der Waals surface area contributed by atoms with Crippen LogP contribution in [-0.2, 0) is 0 Å². The molecule has 1 unspecified atom stereocenters. The number of para-hydroxylation sites is 1. The van der Waals surface area contributed by atoms with Gasteiger partial charge in [0, 0.05) is 17.5 Å². The molecule has 5 nitrogen and oxygen atoms in total. The Morgan fingerprint density at radius 3 is 2.63 bits per heavy atom. The minimum Gasteiger partial charge on any atom is -0.496 e. The summed E-state index contributed by atoms with van der Waals surface area (Å²) in [7, 11) is 1.63. The summed E-state index contributed by atoms with van der Waals surface area (Å²) in [4.78, 5) is 13.3. The van der Waals surface area contributed by atoms with Gasteiger partial charge in [-0.15, -0.1) is 0 Å². The molecule has 1 aliphatic heterocycles. The van der Waals surface area contributed by atoms with Crippen molar-refractivity contribution in [3.8, 4) is 5.75 Å². The number of methoxy groups -OCH3 is 1. The molecule has 0 bridgehead atoms. The Morgan fingerprint density at radius 2 is 1.89 bits per heavy atom. The minimum absolute atomic E-state index is 0.139.